The van der Waals surface area contributed by atoms with Crippen LogP contribution in [0.3, 0.4) is 0 Å². The average molecular weight is 886 g/mol. The SMILES string of the molecule is C=C(C)[C@@H]1CC[C@]2(NCC[C@]3(O)CC[C@@H](S(C)(=O)=O)CC3)CC[C@]3(C)[C@H](CC[C@@H]4C[C@H](C(C)(C)/C(=C\CCC)C5=CC[C@@](COc6ncccc6C#N)(C(=O)O)CC5)CC[C@]43C)[C@@H]12. The normalized spacial score (nSPS) is 38.3. The minimum Gasteiger partial charge on any atom is -0.481 e. The molecule has 0 bridgehead atoms. The molecule has 9 atom stereocenters. The van der Waals surface area contributed by atoms with Crippen molar-refractivity contribution in [2.24, 2.45) is 51.2 Å². The fourth-order valence-corrected chi connectivity index (χ4v) is 15.9. The number of aromatic nitrogens is 1. The number of aliphatic hydroxyl groups is 1. The van der Waals surface area contributed by atoms with Crippen molar-refractivity contribution < 1.29 is 28.2 Å². The lowest BCUT2D eigenvalue weighted by Crippen LogP contribution is -2.65. The van der Waals surface area contributed by atoms with E-state index in [2.05, 4.69) is 76.6 Å². The van der Waals surface area contributed by atoms with E-state index in [1.54, 1.807) is 18.3 Å². The average Bonchev–Trinajstić information content (AvgIpc) is 3.63. The minimum atomic E-state index is -3.08. The molecule has 9 nitrogen and oxygen atoms in total. The van der Waals surface area contributed by atoms with E-state index in [9.17, 15) is 28.7 Å². The third-order valence-corrected chi connectivity index (χ3v) is 20.9. The lowest BCUT2D eigenvalue weighted by atomic mass is 9.38. The van der Waals surface area contributed by atoms with E-state index in [0.717, 1.165) is 32.2 Å². The van der Waals surface area contributed by atoms with Gasteiger partial charge in [-0.3, -0.25) is 4.79 Å². The summed E-state index contributed by atoms with van der Waals surface area (Å²) in [5.41, 5.74) is 2.90. The Bertz CT molecular complexity index is 2100. The second-order valence-electron chi connectivity index (χ2n) is 22.7. The van der Waals surface area contributed by atoms with Gasteiger partial charge >= 0.3 is 5.97 Å². The second-order valence-corrected chi connectivity index (χ2v) is 25.0. The molecule has 1 heterocycles. The molecule has 1 aromatic rings. The molecule has 1 aromatic heterocycles. The molecule has 5 saturated carbocycles. The molecular formula is C53H79N3O6S. The lowest BCUT2D eigenvalue weighted by molar-refractivity contribution is -0.176. The van der Waals surface area contributed by atoms with E-state index in [1.807, 2.05) is 0 Å². The molecule has 63 heavy (non-hydrogen) atoms. The predicted octanol–water partition coefficient (Wildman–Crippen LogP) is 10.9. The summed E-state index contributed by atoms with van der Waals surface area (Å²) < 4.78 is 30.4. The fourth-order valence-electron chi connectivity index (χ4n) is 14.8. The van der Waals surface area contributed by atoms with Gasteiger partial charge in [0.2, 0.25) is 5.88 Å². The number of hydrogen-bond donors (Lipinski definition) is 3. The Hall–Kier alpha value is -3.00. The molecule has 10 heteroatoms. The van der Waals surface area contributed by atoms with Crippen LogP contribution < -0.4 is 10.1 Å². The van der Waals surface area contributed by atoms with E-state index >= 15 is 0 Å². The second kappa shape index (κ2) is 18.0. The Labute approximate surface area is 379 Å². The molecule has 0 amide bonds. The summed E-state index contributed by atoms with van der Waals surface area (Å²) in [6, 6.07) is 5.43. The minimum absolute atomic E-state index is 0.0261. The molecule has 0 saturated heterocycles. The van der Waals surface area contributed by atoms with Crippen LogP contribution in [0, 0.1) is 62.6 Å². The monoisotopic (exact) mass is 886 g/mol. The number of hydrogen-bond acceptors (Lipinski definition) is 8. The van der Waals surface area contributed by atoms with Gasteiger partial charge in [0.25, 0.3) is 0 Å². The number of sulfone groups is 1. The van der Waals surface area contributed by atoms with Crippen LogP contribution in [0.25, 0.3) is 0 Å². The number of unbranched alkanes of at least 4 members (excludes halogenated alkanes) is 1. The van der Waals surface area contributed by atoms with Gasteiger partial charge < -0.3 is 20.3 Å². The largest absolute Gasteiger partial charge is 0.481 e. The molecule has 0 aliphatic heterocycles. The van der Waals surface area contributed by atoms with Gasteiger partial charge in [0.05, 0.1) is 10.9 Å². The third-order valence-electron chi connectivity index (χ3n) is 19.2. The number of nitrogens with zero attached hydrogens (tertiary/aromatic N) is 2. The zero-order chi connectivity index (χ0) is 45.6. The van der Waals surface area contributed by atoms with E-state index in [4.69, 9.17) is 4.74 Å². The highest BCUT2D eigenvalue weighted by atomic mass is 32.2. The summed E-state index contributed by atoms with van der Waals surface area (Å²) >= 11 is 0. The summed E-state index contributed by atoms with van der Waals surface area (Å²) in [6.45, 7) is 20.1. The van der Waals surface area contributed by atoms with Crippen molar-refractivity contribution in [2.45, 2.75) is 180 Å². The standard InChI is InChI=1S/C53H79N3O6S/c1-9-10-13-43(37-16-23-51(24-17-37,47(57)58)35-62-46-38(34-54)12-11-31-55-46)48(4,5)39-18-22-49(6)40(33-39)14-15-44-45-42(36(2)3)21-27-53(45,29-28-50(44,49)7)56-32-30-52(59)25-19-41(20-26-52)63(8,60)61/h11-13,16,31,39-42,44-45,56,59H,2,9-10,14-15,17-30,32-33,35H2,1,3-8H3,(H,57,58)/b43-13-/t39-,40-,41-,42+,44-,45-,49-,50-,51-,52+,53+/m1/s1. The smallest absolute Gasteiger partial charge is 0.313 e. The van der Waals surface area contributed by atoms with Crippen molar-refractivity contribution in [2.75, 3.05) is 19.4 Å². The van der Waals surface area contributed by atoms with Crippen molar-refractivity contribution in [3.63, 3.8) is 0 Å². The topological polar surface area (TPSA) is 150 Å². The molecule has 0 radical (unpaired) electrons. The van der Waals surface area contributed by atoms with Gasteiger partial charge in [-0.15, -0.1) is 0 Å². The molecule has 6 aliphatic carbocycles. The van der Waals surface area contributed by atoms with Gasteiger partial charge in [-0.25, -0.2) is 13.4 Å². The number of aliphatic carboxylic acids is 1. The van der Waals surface area contributed by atoms with Gasteiger partial charge in [-0.2, -0.15) is 5.26 Å². The van der Waals surface area contributed by atoms with Crippen LogP contribution in [0.5, 0.6) is 5.88 Å². The molecule has 0 spiro atoms. The number of nitriles is 1. The highest BCUT2D eigenvalue weighted by molar-refractivity contribution is 7.91. The van der Waals surface area contributed by atoms with Gasteiger partial charge in [-0.05, 0) is 198 Å². The molecule has 348 valence electrons. The fraction of sp³-hybridized carbons (Fsp3) is 0.755. The number of ether oxygens (including phenoxy) is 1. The Balaban J connectivity index is 1.06. The maximum absolute atomic E-state index is 12.9. The number of carboxylic acid groups (broad SMARTS) is 1. The van der Waals surface area contributed by atoms with Crippen LogP contribution >= 0.6 is 0 Å². The summed E-state index contributed by atoms with van der Waals surface area (Å²) in [5, 5.41) is 35.5. The molecule has 0 aromatic carbocycles. The van der Waals surface area contributed by atoms with E-state index < -0.39 is 26.8 Å². The Morgan fingerprint density at radius 1 is 1.06 bits per heavy atom. The number of rotatable bonds is 15. The van der Waals surface area contributed by atoms with Crippen molar-refractivity contribution in [3.05, 3.63) is 59.3 Å². The molecule has 5 fully saturated rings. The maximum atomic E-state index is 12.9. The van der Waals surface area contributed by atoms with Gasteiger partial charge in [0.15, 0.2) is 0 Å². The van der Waals surface area contributed by atoms with Crippen LogP contribution in [-0.2, 0) is 14.6 Å². The van der Waals surface area contributed by atoms with Gasteiger partial charge in [0.1, 0.15) is 33.5 Å². The first-order valence-corrected chi connectivity index (χ1v) is 26.6. The Kier molecular flexibility index (Phi) is 13.7. The first-order chi connectivity index (χ1) is 29.7. The summed E-state index contributed by atoms with van der Waals surface area (Å²) in [4.78, 5) is 17.1. The lowest BCUT2D eigenvalue weighted by Gasteiger charge is -2.68. The van der Waals surface area contributed by atoms with Crippen molar-refractivity contribution in [1.82, 2.24) is 10.3 Å². The third kappa shape index (κ3) is 8.87. The van der Waals surface area contributed by atoms with Gasteiger partial charge in [-0.1, -0.05) is 65.3 Å². The molecule has 3 N–H and O–H groups in total. The number of carboxylic acids is 1. The maximum Gasteiger partial charge on any atom is 0.313 e. The quantitative estimate of drug-likeness (QED) is 0.146. The first kappa shape index (κ1) is 47.9. The van der Waals surface area contributed by atoms with Crippen molar-refractivity contribution >= 4 is 15.8 Å². The predicted molar refractivity (Wildman–Crippen MR) is 251 cm³/mol. The molecule has 7 rings (SSSR count). The van der Waals surface area contributed by atoms with E-state index in [1.165, 1.54) is 67.9 Å². The van der Waals surface area contributed by atoms with Gasteiger partial charge in [0, 0.05) is 18.0 Å². The zero-order valence-electron chi connectivity index (χ0n) is 39.7. The van der Waals surface area contributed by atoms with Crippen LogP contribution in [0.15, 0.2) is 53.8 Å². The van der Waals surface area contributed by atoms with Crippen LogP contribution in [0.4, 0.5) is 0 Å². The summed E-state index contributed by atoms with van der Waals surface area (Å²) in [7, 11) is -3.08. The number of nitrogens with one attached hydrogen (secondary N) is 1. The van der Waals surface area contributed by atoms with Crippen LogP contribution in [0.1, 0.15) is 169 Å². The van der Waals surface area contributed by atoms with Crippen LogP contribution in [-0.4, -0.2) is 65.4 Å². The number of fused-ring (bicyclic) bond motifs is 5. The van der Waals surface area contributed by atoms with E-state index in [0.29, 0.717) is 86.5 Å². The zero-order valence-corrected chi connectivity index (χ0v) is 40.6. The molecular weight excluding hydrogens is 807 g/mol. The van der Waals surface area contributed by atoms with Crippen molar-refractivity contribution in [1.29, 1.82) is 5.26 Å². The van der Waals surface area contributed by atoms with Crippen LogP contribution in [0.2, 0.25) is 0 Å². The molecule has 0 unspecified atom stereocenters. The molecule has 6 aliphatic rings. The number of carbonyl (C=O) groups is 1. The first-order valence-electron chi connectivity index (χ1n) is 24.6. The highest BCUT2D eigenvalue weighted by Crippen LogP contribution is 2.72. The van der Waals surface area contributed by atoms with E-state index in [-0.39, 0.29) is 39.5 Å². The Morgan fingerprint density at radius 2 is 1.81 bits per heavy atom. The summed E-state index contributed by atoms with van der Waals surface area (Å²) in [6.07, 6.45) is 24.9. The number of allylic oxidation sites excluding steroid dienone is 5. The number of pyridine rings is 1. The van der Waals surface area contributed by atoms with Crippen molar-refractivity contribution in [3.8, 4) is 11.9 Å². The highest BCUT2D eigenvalue weighted by Gasteiger charge is 2.67. The summed E-state index contributed by atoms with van der Waals surface area (Å²) in [5.74, 6) is 2.13. The Morgan fingerprint density at radius 3 is 2.44 bits per heavy atom.